The maximum atomic E-state index is 12.8. The van der Waals surface area contributed by atoms with E-state index in [2.05, 4.69) is 15.3 Å². The summed E-state index contributed by atoms with van der Waals surface area (Å²) in [4.78, 5) is 20.6. The number of alkyl halides is 3. The van der Waals surface area contributed by atoms with Crippen molar-refractivity contribution in [3.8, 4) is 11.6 Å². The van der Waals surface area contributed by atoms with Gasteiger partial charge in [-0.3, -0.25) is 4.79 Å². The monoisotopic (exact) mass is 485 g/mol. The molecule has 1 aromatic carbocycles. The Labute approximate surface area is 200 Å². The number of hydrogen-bond acceptors (Lipinski definition) is 6. The third-order valence-electron chi connectivity index (χ3n) is 5.97. The first-order chi connectivity index (χ1) is 16.4. The van der Waals surface area contributed by atoms with Gasteiger partial charge in [0.2, 0.25) is 5.88 Å². The molecule has 0 bridgehead atoms. The third kappa shape index (κ3) is 5.31. The van der Waals surface area contributed by atoms with Crippen LogP contribution in [0.15, 0.2) is 60.9 Å². The van der Waals surface area contributed by atoms with Gasteiger partial charge in [0.1, 0.15) is 11.4 Å². The molecule has 0 atom stereocenters. The van der Waals surface area contributed by atoms with Crippen LogP contribution in [0.5, 0.6) is 11.6 Å². The molecule has 1 N–H and O–H groups in total. The van der Waals surface area contributed by atoms with E-state index in [9.17, 15) is 18.0 Å². The molecule has 3 heterocycles. The summed E-state index contributed by atoms with van der Waals surface area (Å²) in [7, 11) is -0.656. The summed E-state index contributed by atoms with van der Waals surface area (Å²) in [6.07, 6.45) is -2.51. The van der Waals surface area contributed by atoms with Gasteiger partial charge in [0.15, 0.2) is 0 Å². The Bertz CT molecular complexity index is 1200. The first-order valence-corrected chi connectivity index (χ1v) is 10.8. The highest BCUT2D eigenvalue weighted by Gasteiger charge is 2.52. The first-order valence-electron chi connectivity index (χ1n) is 10.8. The van der Waals surface area contributed by atoms with Crippen LogP contribution in [0.4, 0.5) is 18.9 Å². The van der Waals surface area contributed by atoms with E-state index in [4.69, 9.17) is 14.0 Å². The molecule has 7 nitrogen and oxygen atoms in total. The maximum absolute atomic E-state index is 12.8. The van der Waals surface area contributed by atoms with Crippen LogP contribution in [-0.4, -0.2) is 34.2 Å². The van der Waals surface area contributed by atoms with Crippen molar-refractivity contribution in [2.75, 3.05) is 5.32 Å². The fraction of sp³-hybridized carbons (Fsp3) is 0.292. The van der Waals surface area contributed by atoms with Gasteiger partial charge in [0.05, 0.1) is 23.0 Å². The Hall–Kier alpha value is -3.44. The number of amides is 1. The Morgan fingerprint density at radius 1 is 0.943 bits per heavy atom. The Balaban J connectivity index is 1.44. The number of aromatic nitrogens is 2. The van der Waals surface area contributed by atoms with Gasteiger partial charge in [-0.1, -0.05) is 18.2 Å². The largest absolute Gasteiger partial charge is 0.496 e. The zero-order chi connectivity index (χ0) is 25.4. The number of ether oxygens (including phenoxy) is 1. The number of para-hydroxylation sites is 1. The number of benzene rings is 1. The lowest BCUT2D eigenvalue weighted by atomic mass is 9.78. The second kappa shape index (κ2) is 8.97. The summed E-state index contributed by atoms with van der Waals surface area (Å²) >= 11 is 0. The number of nitrogens with one attached hydrogen (secondary N) is 1. The van der Waals surface area contributed by atoms with Crippen LogP contribution in [0.1, 0.15) is 43.7 Å². The highest BCUT2D eigenvalue weighted by Crippen LogP contribution is 2.37. The molecule has 1 saturated heterocycles. The van der Waals surface area contributed by atoms with E-state index in [1.165, 1.54) is 18.3 Å². The lowest BCUT2D eigenvalue weighted by molar-refractivity contribution is -0.137. The van der Waals surface area contributed by atoms with Gasteiger partial charge < -0.3 is 19.4 Å². The van der Waals surface area contributed by atoms with Crippen LogP contribution >= 0.6 is 0 Å². The second-order valence-corrected chi connectivity index (χ2v) is 8.99. The fourth-order valence-corrected chi connectivity index (χ4v) is 3.28. The summed E-state index contributed by atoms with van der Waals surface area (Å²) in [5.41, 5.74) is -0.639. The third-order valence-corrected chi connectivity index (χ3v) is 5.97. The van der Waals surface area contributed by atoms with E-state index in [0.29, 0.717) is 17.3 Å². The number of carbonyl (C=O) groups excluding carboxylic acids is 1. The summed E-state index contributed by atoms with van der Waals surface area (Å²) in [6.45, 7) is 7.79. The van der Waals surface area contributed by atoms with Crippen LogP contribution in [0.2, 0.25) is 0 Å². The van der Waals surface area contributed by atoms with Crippen molar-refractivity contribution in [2.45, 2.75) is 45.1 Å². The number of hydrogen-bond donors (Lipinski definition) is 1. The van der Waals surface area contributed by atoms with Crippen molar-refractivity contribution in [2.24, 2.45) is 0 Å². The predicted octanol–water partition coefficient (Wildman–Crippen LogP) is 4.84. The summed E-state index contributed by atoms with van der Waals surface area (Å²) < 4.78 is 55.6. The number of nitrogens with zero attached hydrogens (tertiary/aromatic N) is 2. The van der Waals surface area contributed by atoms with E-state index < -0.39 is 36.0 Å². The Morgan fingerprint density at radius 3 is 2.20 bits per heavy atom. The van der Waals surface area contributed by atoms with E-state index in [0.717, 1.165) is 12.1 Å². The normalized spacial score (nSPS) is 16.7. The molecule has 1 fully saturated rings. The zero-order valence-electron chi connectivity index (χ0n) is 19.5. The van der Waals surface area contributed by atoms with Crippen molar-refractivity contribution in [3.05, 3.63) is 72.2 Å². The minimum absolute atomic E-state index is 0.0339. The highest BCUT2D eigenvalue weighted by atomic mass is 19.4. The van der Waals surface area contributed by atoms with Crippen molar-refractivity contribution in [1.29, 1.82) is 0 Å². The van der Waals surface area contributed by atoms with Crippen molar-refractivity contribution in [3.63, 3.8) is 0 Å². The molecule has 0 radical (unpaired) electrons. The molecule has 4 rings (SSSR count). The quantitative estimate of drug-likeness (QED) is 0.521. The van der Waals surface area contributed by atoms with E-state index in [1.54, 1.807) is 12.1 Å². The van der Waals surface area contributed by atoms with Gasteiger partial charge in [-0.2, -0.15) is 13.2 Å². The number of rotatable bonds is 5. The van der Waals surface area contributed by atoms with Gasteiger partial charge in [0, 0.05) is 23.4 Å². The molecule has 0 saturated carbocycles. The van der Waals surface area contributed by atoms with Crippen molar-refractivity contribution in [1.82, 2.24) is 9.97 Å². The topological polar surface area (TPSA) is 82.6 Å². The molecular formula is C24H23BF3N3O4. The predicted molar refractivity (Wildman–Crippen MR) is 124 cm³/mol. The SMILES string of the molecule is CC1(C)OB(c2ccccc2NC(=O)c2ccc(Oc3ccc(C(F)(F)F)cn3)cn2)OC1(C)C. The molecule has 0 unspecified atom stereocenters. The summed E-state index contributed by atoms with van der Waals surface area (Å²) in [5, 5.41) is 2.83. The second-order valence-electron chi connectivity index (χ2n) is 8.99. The van der Waals surface area contributed by atoms with Crippen molar-refractivity contribution >= 4 is 24.2 Å². The Morgan fingerprint density at radius 2 is 1.63 bits per heavy atom. The molecular weight excluding hydrogens is 462 g/mol. The first kappa shape index (κ1) is 24.7. The van der Waals surface area contributed by atoms with Gasteiger partial charge >= 0.3 is 13.3 Å². The molecule has 0 spiro atoms. The van der Waals surface area contributed by atoms with E-state index in [-0.39, 0.29) is 17.3 Å². The van der Waals surface area contributed by atoms with Gasteiger partial charge in [-0.15, -0.1) is 0 Å². The number of halogens is 3. The molecule has 11 heteroatoms. The standard InChI is InChI=1S/C24H23BF3N3O4/c1-22(2)23(3,4)35-25(34-22)17-7-5-6-8-18(17)31-21(32)19-11-10-16(14-29-19)33-20-12-9-15(13-30-20)24(26,27)28/h5-14H,1-4H3,(H,31,32). The average Bonchev–Trinajstić information content (AvgIpc) is 3.01. The molecule has 1 aliphatic heterocycles. The van der Waals surface area contributed by atoms with E-state index >= 15 is 0 Å². The molecule has 182 valence electrons. The smallest absolute Gasteiger partial charge is 0.437 e. The van der Waals surface area contributed by atoms with Gasteiger partial charge in [-0.05, 0) is 52.0 Å². The molecule has 0 aliphatic carbocycles. The fourth-order valence-electron chi connectivity index (χ4n) is 3.28. The van der Waals surface area contributed by atoms with Crippen LogP contribution in [-0.2, 0) is 15.5 Å². The summed E-state index contributed by atoms with van der Waals surface area (Å²) in [5.74, 6) is -0.284. The lowest BCUT2D eigenvalue weighted by Crippen LogP contribution is -2.41. The van der Waals surface area contributed by atoms with Crippen LogP contribution < -0.4 is 15.5 Å². The molecule has 1 aliphatic rings. The van der Waals surface area contributed by atoms with Crippen LogP contribution in [0, 0.1) is 0 Å². The minimum Gasteiger partial charge on any atom is -0.437 e. The van der Waals surface area contributed by atoms with Crippen molar-refractivity contribution < 1.29 is 32.0 Å². The zero-order valence-corrected chi connectivity index (χ0v) is 19.5. The number of anilines is 1. The molecule has 1 amide bonds. The number of carbonyl (C=O) groups is 1. The summed E-state index contributed by atoms with van der Waals surface area (Å²) in [6, 6.07) is 12.1. The lowest BCUT2D eigenvalue weighted by Gasteiger charge is -2.32. The average molecular weight is 485 g/mol. The minimum atomic E-state index is -4.48. The number of pyridine rings is 2. The van der Waals surface area contributed by atoms with Gasteiger partial charge in [0.25, 0.3) is 5.91 Å². The van der Waals surface area contributed by atoms with Gasteiger partial charge in [-0.25, -0.2) is 9.97 Å². The maximum Gasteiger partial charge on any atom is 0.496 e. The Kier molecular flexibility index (Phi) is 6.33. The van der Waals surface area contributed by atoms with E-state index in [1.807, 2.05) is 39.8 Å². The van der Waals surface area contributed by atoms with Crippen LogP contribution in [0.25, 0.3) is 0 Å². The molecule has 2 aromatic heterocycles. The highest BCUT2D eigenvalue weighted by molar-refractivity contribution is 6.64. The molecule has 35 heavy (non-hydrogen) atoms. The molecule has 3 aromatic rings. The van der Waals surface area contributed by atoms with Crippen LogP contribution in [0.3, 0.4) is 0 Å².